The zero-order valence-electron chi connectivity index (χ0n) is 14.4. The summed E-state index contributed by atoms with van der Waals surface area (Å²) in [4.78, 5) is 13.2. The highest BCUT2D eigenvalue weighted by Crippen LogP contribution is 2.25. The molecule has 0 radical (unpaired) electrons. The molecule has 0 atom stereocenters. The molecule has 2 aromatic heterocycles. The van der Waals surface area contributed by atoms with Crippen LogP contribution < -0.4 is 14.2 Å². The third kappa shape index (κ3) is 4.23. The maximum absolute atomic E-state index is 5.81. The summed E-state index contributed by atoms with van der Waals surface area (Å²) in [5.74, 6) is 2.94. The lowest BCUT2D eigenvalue weighted by Gasteiger charge is -2.08. The molecule has 0 spiro atoms. The Morgan fingerprint density at radius 1 is 0.880 bits per heavy atom. The molecule has 3 rings (SSSR count). The summed E-state index contributed by atoms with van der Waals surface area (Å²) >= 11 is 0. The van der Waals surface area contributed by atoms with Gasteiger partial charge in [-0.15, -0.1) is 0 Å². The van der Waals surface area contributed by atoms with E-state index in [1.807, 2.05) is 50.2 Å². The first kappa shape index (κ1) is 16.7. The predicted molar refractivity (Wildman–Crippen MR) is 94.2 cm³/mol. The highest BCUT2D eigenvalue weighted by molar-refractivity contribution is 5.51. The van der Waals surface area contributed by atoms with Gasteiger partial charge in [0.15, 0.2) is 5.82 Å². The number of hydrogen-bond acceptors (Lipinski definition) is 6. The molecule has 0 amide bonds. The molecule has 128 valence electrons. The molecule has 3 aromatic rings. The summed E-state index contributed by atoms with van der Waals surface area (Å²) in [6.07, 6.45) is 0. The van der Waals surface area contributed by atoms with Crippen LogP contribution in [0.5, 0.6) is 23.3 Å². The second-order valence-electron chi connectivity index (χ2n) is 5.24. The maximum Gasteiger partial charge on any atom is 0.219 e. The van der Waals surface area contributed by atoms with Crippen LogP contribution in [0.3, 0.4) is 0 Å². The number of aromatic nitrogens is 3. The second kappa shape index (κ2) is 7.61. The van der Waals surface area contributed by atoms with Gasteiger partial charge in [0.1, 0.15) is 17.2 Å². The minimum absolute atomic E-state index is 0.464. The topological polar surface area (TPSA) is 66.4 Å². The molecule has 1 aromatic carbocycles. The van der Waals surface area contributed by atoms with E-state index in [4.69, 9.17) is 14.2 Å². The van der Waals surface area contributed by atoms with Crippen molar-refractivity contribution in [2.24, 2.45) is 0 Å². The molecule has 0 unspecified atom stereocenters. The Kier molecular flexibility index (Phi) is 5.09. The predicted octanol–water partition coefficient (Wildman–Crippen LogP) is 4.05. The highest BCUT2D eigenvalue weighted by Gasteiger charge is 2.09. The van der Waals surface area contributed by atoms with E-state index < -0.39 is 0 Å². The normalized spacial score (nSPS) is 10.4. The number of rotatable bonds is 6. The molecule has 0 saturated carbocycles. The third-order valence-corrected chi connectivity index (χ3v) is 3.35. The Balaban J connectivity index is 1.83. The van der Waals surface area contributed by atoms with Crippen molar-refractivity contribution in [1.82, 2.24) is 15.0 Å². The van der Waals surface area contributed by atoms with Crippen molar-refractivity contribution in [3.05, 3.63) is 54.2 Å². The van der Waals surface area contributed by atoms with Gasteiger partial charge in [0.2, 0.25) is 11.8 Å². The number of hydrogen-bond donors (Lipinski definition) is 0. The Morgan fingerprint density at radius 3 is 2.36 bits per heavy atom. The molecule has 0 aliphatic carbocycles. The van der Waals surface area contributed by atoms with E-state index in [2.05, 4.69) is 15.0 Å². The van der Waals surface area contributed by atoms with E-state index in [-0.39, 0.29) is 0 Å². The van der Waals surface area contributed by atoms with Gasteiger partial charge >= 0.3 is 0 Å². The molecule has 0 N–H and O–H groups in total. The Bertz CT molecular complexity index is 851. The number of ether oxygens (including phenoxy) is 3. The number of benzene rings is 1. The first-order valence-electron chi connectivity index (χ1n) is 7.95. The van der Waals surface area contributed by atoms with Crippen LogP contribution in [0.2, 0.25) is 0 Å². The van der Waals surface area contributed by atoms with E-state index in [1.54, 1.807) is 19.2 Å². The molecule has 6 heteroatoms. The average molecular weight is 337 g/mol. The van der Waals surface area contributed by atoms with Gasteiger partial charge in [-0.1, -0.05) is 6.07 Å². The van der Waals surface area contributed by atoms with Crippen LogP contribution in [0.15, 0.2) is 48.5 Å². The van der Waals surface area contributed by atoms with Crippen molar-refractivity contribution in [2.75, 3.05) is 13.7 Å². The van der Waals surface area contributed by atoms with Gasteiger partial charge in [0.25, 0.3) is 0 Å². The summed E-state index contributed by atoms with van der Waals surface area (Å²) in [5, 5.41) is 0. The fraction of sp³-hybridized carbons (Fsp3) is 0.211. The molecule has 6 nitrogen and oxygen atoms in total. The van der Waals surface area contributed by atoms with Crippen molar-refractivity contribution >= 4 is 0 Å². The summed E-state index contributed by atoms with van der Waals surface area (Å²) < 4.78 is 16.4. The Morgan fingerprint density at radius 2 is 1.64 bits per heavy atom. The summed E-state index contributed by atoms with van der Waals surface area (Å²) in [7, 11) is 1.57. The van der Waals surface area contributed by atoms with Gasteiger partial charge in [0.05, 0.1) is 13.7 Å². The minimum Gasteiger partial charge on any atom is -0.494 e. The first-order chi connectivity index (χ1) is 12.2. The van der Waals surface area contributed by atoms with E-state index in [9.17, 15) is 0 Å². The largest absolute Gasteiger partial charge is 0.494 e. The molecule has 0 aliphatic heterocycles. The van der Waals surface area contributed by atoms with Crippen LogP contribution in [0.4, 0.5) is 0 Å². The van der Waals surface area contributed by atoms with Crippen LogP contribution in [0.25, 0.3) is 11.5 Å². The van der Waals surface area contributed by atoms with Crippen molar-refractivity contribution in [1.29, 1.82) is 0 Å². The second-order valence-corrected chi connectivity index (χ2v) is 5.24. The molecule has 25 heavy (non-hydrogen) atoms. The van der Waals surface area contributed by atoms with Gasteiger partial charge in [0, 0.05) is 17.8 Å². The maximum atomic E-state index is 5.81. The fourth-order valence-corrected chi connectivity index (χ4v) is 2.25. The van der Waals surface area contributed by atoms with Crippen LogP contribution in [-0.4, -0.2) is 28.7 Å². The lowest BCUT2D eigenvalue weighted by Crippen LogP contribution is -1.98. The summed E-state index contributed by atoms with van der Waals surface area (Å²) in [6, 6.07) is 14.6. The molecule has 0 fully saturated rings. The molecule has 0 saturated heterocycles. The smallest absolute Gasteiger partial charge is 0.219 e. The quantitative estimate of drug-likeness (QED) is 0.676. The van der Waals surface area contributed by atoms with Crippen LogP contribution >= 0.6 is 0 Å². The summed E-state index contributed by atoms with van der Waals surface area (Å²) in [6.45, 7) is 4.46. The zero-order valence-corrected chi connectivity index (χ0v) is 14.4. The fourth-order valence-electron chi connectivity index (χ4n) is 2.25. The van der Waals surface area contributed by atoms with Crippen LogP contribution in [0, 0.1) is 6.92 Å². The molecular weight excluding hydrogens is 318 g/mol. The van der Waals surface area contributed by atoms with E-state index in [0.29, 0.717) is 35.6 Å². The third-order valence-electron chi connectivity index (χ3n) is 3.35. The van der Waals surface area contributed by atoms with Gasteiger partial charge < -0.3 is 14.2 Å². The van der Waals surface area contributed by atoms with Gasteiger partial charge in [-0.05, 0) is 44.2 Å². The van der Waals surface area contributed by atoms with Gasteiger partial charge in [-0.25, -0.2) is 9.97 Å². The number of nitrogens with zero attached hydrogens (tertiary/aromatic N) is 3. The Hall–Kier alpha value is -3.15. The number of aryl methyl sites for hydroxylation is 1. The van der Waals surface area contributed by atoms with Crippen molar-refractivity contribution in [3.8, 4) is 34.8 Å². The van der Waals surface area contributed by atoms with Crippen LogP contribution in [-0.2, 0) is 0 Å². The SMILES string of the molecule is CCOc1ccc(Oc2cccc(-c3nc(C)cc(OC)n3)n2)cc1. The van der Waals surface area contributed by atoms with E-state index in [1.165, 1.54) is 0 Å². The van der Waals surface area contributed by atoms with Gasteiger partial charge in [-0.3, -0.25) is 0 Å². The molecular formula is C19H19N3O3. The number of pyridine rings is 1. The average Bonchev–Trinajstić information content (AvgIpc) is 2.63. The van der Waals surface area contributed by atoms with E-state index in [0.717, 1.165) is 11.4 Å². The number of methoxy groups -OCH3 is 1. The highest BCUT2D eigenvalue weighted by atomic mass is 16.5. The van der Waals surface area contributed by atoms with Crippen molar-refractivity contribution < 1.29 is 14.2 Å². The monoisotopic (exact) mass is 337 g/mol. The standard InChI is InChI=1S/C19H19N3O3/c1-4-24-14-8-10-15(11-9-14)25-17-7-5-6-16(21-17)19-20-13(2)12-18(22-19)23-3/h5-12H,4H2,1-3H3. The minimum atomic E-state index is 0.464. The lowest BCUT2D eigenvalue weighted by molar-refractivity contribution is 0.339. The van der Waals surface area contributed by atoms with Crippen molar-refractivity contribution in [3.63, 3.8) is 0 Å². The Labute approximate surface area is 146 Å². The summed E-state index contributed by atoms with van der Waals surface area (Å²) in [5.41, 5.74) is 1.42. The van der Waals surface area contributed by atoms with Gasteiger partial charge in [-0.2, -0.15) is 4.98 Å². The lowest BCUT2D eigenvalue weighted by atomic mass is 10.3. The van der Waals surface area contributed by atoms with Crippen LogP contribution in [0.1, 0.15) is 12.6 Å². The molecule has 2 heterocycles. The molecule has 0 aliphatic rings. The van der Waals surface area contributed by atoms with E-state index >= 15 is 0 Å². The zero-order chi connectivity index (χ0) is 17.6. The van der Waals surface area contributed by atoms with Crippen molar-refractivity contribution in [2.45, 2.75) is 13.8 Å². The molecule has 0 bridgehead atoms. The first-order valence-corrected chi connectivity index (χ1v) is 7.95.